The van der Waals surface area contributed by atoms with E-state index in [1.54, 1.807) is 37.3 Å². The quantitative estimate of drug-likeness (QED) is 0.743. The van der Waals surface area contributed by atoms with Crippen LogP contribution in [0.3, 0.4) is 0 Å². The second kappa shape index (κ2) is 8.84. The van der Waals surface area contributed by atoms with Gasteiger partial charge in [-0.2, -0.15) is 0 Å². The molecule has 2 N–H and O–H groups in total. The fourth-order valence-corrected chi connectivity index (χ4v) is 2.27. The van der Waals surface area contributed by atoms with E-state index >= 15 is 0 Å². The van der Waals surface area contributed by atoms with E-state index in [4.69, 9.17) is 9.47 Å². The maximum Gasteiger partial charge on any atom is 0.255 e. The Bertz CT molecular complexity index is 808. The first kappa shape index (κ1) is 19.2. The normalized spacial score (nSPS) is 10.2. The Morgan fingerprint density at radius 1 is 0.962 bits per heavy atom. The van der Waals surface area contributed by atoms with Crippen LogP contribution in [0.15, 0.2) is 36.4 Å². The summed E-state index contributed by atoms with van der Waals surface area (Å²) in [7, 11) is 2.99. The molecule has 6 nitrogen and oxygen atoms in total. The summed E-state index contributed by atoms with van der Waals surface area (Å²) in [6, 6.07) is 9.15. The molecule has 0 aromatic heterocycles. The molecule has 2 aromatic carbocycles. The number of halogens is 1. The van der Waals surface area contributed by atoms with Crippen LogP contribution in [0.5, 0.6) is 11.5 Å². The average Bonchev–Trinajstić information content (AvgIpc) is 2.66. The molecule has 0 bridgehead atoms. The summed E-state index contributed by atoms with van der Waals surface area (Å²) in [5, 5.41) is 5.32. The van der Waals surface area contributed by atoms with Crippen LogP contribution in [0.4, 0.5) is 4.39 Å². The molecule has 0 radical (unpaired) electrons. The molecule has 0 saturated heterocycles. The third-order valence-corrected chi connectivity index (χ3v) is 3.78. The van der Waals surface area contributed by atoms with Gasteiger partial charge >= 0.3 is 0 Å². The van der Waals surface area contributed by atoms with Crippen molar-refractivity contribution in [2.45, 2.75) is 6.92 Å². The van der Waals surface area contributed by atoms with Crippen molar-refractivity contribution < 1.29 is 23.5 Å². The Kier molecular flexibility index (Phi) is 6.54. The summed E-state index contributed by atoms with van der Waals surface area (Å²) >= 11 is 0. The zero-order valence-corrected chi connectivity index (χ0v) is 14.9. The van der Waals surface area contributed by atoms with Crippen molar-refractivity contribution >= 4 is 11.8 Å². The van der Waals surface area contributed by atoms with Gasteiger partial charge in [-0.25, -0.2) is 4.39 Å². The second-order valence-corrected chi connectivity index (χ2v) is 5.54. The molecule has 0 aliphatic carbocycles. The summed E-state index contributed by atoms with van der Waals surface area (Å²) in [5.74, 6) is -0.199. The lowest BCUT2D eigenvalue weighted by atomic mass is 10.1. The van der Waals surface area contributed by atoms with Crippen LogP contribution in [0.2, 0.25) is 0 Å². The number of nitrogens with one attached hydrogen (secondary N) is 2. The topological polar surface area (TPSA) is 76.7 Å². The lowest BCUT2D eigenvalue weighted by Gasteiger charge is -2.11. The van der Waals surface area contributed by atoms with Crippen molar-refractivity contribution in [3.63, 3.8) is 0 Å². The Morgan fingerprint density at radius 3 is 2.27 bits per heavy atom. The third kappa shape index (κ3) is 4.72. The van der Waals surface area contributed by atoms with E-state index in [0.29, 0.717) is 22.6 Å². The molecule has 2 rings (SSSR count). The fraction of sp³-hybridized carbons (Fsp3) is 0.263. The van der Waals surface area contributed by atoms with E-state index < -0.39 is 11.7 Å². The van der Waals surface area contributed by atoms with E-state index in [1.165, 1.54) is 20.3 Å². The number of rotatable bonds is 7. The van der Waals surface area contributed by atoms with Gasteiger partial charge in [0.25, 0.3) is 11.8 Å². The highest BCUT2D eigenvalue weighted by Gasteiger charge is 2.13. The summed E-state index contributed by atoms with van der Waals surface area (Å²) in [6.45, 7) is 2.05. The van der Waals surface area contributed by atoms with E-state index in [-0.39, 0.29) is 24.6 Å². The maximum atomic E-state index is 13.5. The highest BCUT2D eigenvalue weighted by atomic mass is 19.1. The largest absolute Gasteiger partial charge is 0.497 e. The molecule has 7 heteroatoms. The van der Waals surface area contributed by atoms with Crippen molar-refractivity contribution in [2.75, 3.05) is 27.3 Å². The first-order chi connectivity index (χ1) is 12.5. The Balaban J connectivity index is 1.86. The Hall–Kier alpha value is -3.09. The van der Waals surface area contributed by atoms with Gasteiger partial charge in [-0.1, -0.05) is 6.07 Å². The van der Waals surface area contributed by atoms with Crippen LogP contribution in [0.1, 0.15) is 26.3 Å². The molecule has 0 aliphatic heterocycles. The van der Waals surface area contributed by atoms with Crippen LogP contribution in [-0.2, 0) is 0 Å². The molecule has 0 aliphatic rings. The SMILES string of the molecule is COc1ccc(C(=O)NCCNC(=O)c2ccc(C)c(F)c2)c(OC)c1. The number of methoxy groups -OCH3 is 2. The first-order valence-electron chi connectivity index (χ1n) is 8.01. The number of hydrogen-bond donors (Lipinski definition) is 2. The number of aryl methyl sites for hydroxylation is 1. The van der Waals surface area contributed by atoms with Crippen LogP contribution >= 0.6 is 0 Å². The average molecular weight is 360 g/mol. The molecule has 0 saturated carbocycles. The van der Waals surface area contributed by atoms with Gasteiger partial charge in [0.05, 0.1) is 19.8 Å². The zero-order valence-electron chi connectivity index (χ0n) is 14.9. The van der Waals surface area contributed by atoms with Gasteiger partial charge in [-0.05, 0) is 36.8 Å². The lowest BCUT2D eigenvalue weighted by molar-refractivity contribution is 0.0925. The van der Waals surface area contributed by atoms with Gasteiger partial charge in [-0.15, -0.1) is 0 Å². The van der Waals surface area contributed by atoms with Crippen LogP contribution in [0.25, 0.3) is 0 Å². The second-order valence-electron chi connectivity index (χ2n) is 5.54. The third-order valence-electron chi connectivity index (χ3n) is 3.78. The number of ether oxygens (including phenoxy) is 2. The van der Waals surface area contributed by atoms with Crippen molar-refractivity contribution in [2.24, 2.45) is 0 Å². The molecule has 0 heterocycles. The number of carbonyl (C=O) groups excluding carboxylic acids is 2. The van der Waals surface area contributed by atoms with Crippen LogP contribution < -0.4 is 20.1 Å². The van der Waals surface area contributed by atoms with E-state index in [9.17, 15) is 14.0 Å². The summed E-state index contributed by atoms with van der Waals surface area (Å²) < 4.78 is 23.8. The van der Waals surface area contributed by atoms with Gasteiger partial charge in [-0.3, -0.25) is 9.59 Å². The molecule has 0 spiro atoms. The standard InChI is InChI=1S/C19H21FN2O4/c1-12-4-5-13(10-16(12)20)18(23)21-8-9-22-19(24)15-7-6-14(25-2)11-17(15)26-3/h4-7,10-11H,8-9H2,1-3H3,(H,21,23)(H,22,24). The van der Waals surface area contributed by atoms with Gasteiger partial charge in [0.2, 0.25) is 0 Å². The Labute approximate surface area is 151 Å². The minimum Gasteiger partial charge on any atom is -0.497 e. The summed E-state index contributed by atoms with van der Waals surface area (Å²) in [4.78, 5) is 24.2. The zero-order chi connectivity index (χ0) is 19.1. The highest BCUT2D eigenvalue weighted by molar-refractivity contribution is 5.97. The van der Waals surface area contributed by atoms with E-state index in [0.717, 1.165) is 0 Å². The molecular weight excluding hydrogens is 339 g/mol. The minimum absolute atomic E-state index is 0.207. The number of benzene rings is 2. The summed E-state index contributed by atoms with van der Waals surface area (Å²) in [5.41, 5.74) is 1.07. The van der Waals surface area contributed by atoms with Crippen molar-refractivity contribution in [3.05, 3.63) is 58.9 Å². The van der Waals surface area contributed by atoms with E-state index in [2.05, 4.69) is 10.6 Å². The molecule has 2 amide bonds. The minimum atomic E-state index is -0.433. The molecule has 0 fully saturated rings. The fourth-order valence-electron chi connectivity index (χ4n) is 2.27. The van der Waals surface area contributed by atoms with Gasteiger partial charge in [0.1, 0.15) is 17.3 Å². The molecular formula is C19H21FN2O4. The first-order valence-corrected chi connectivity index (χ1v) is 8.01. The van der Waals surface area contributed by atoms with Crippen LogP contribution in [-0.4, -0.2) is 39.1 Å². The summed E-state index contributed by atoms with van der Waals surface area (Å²) in [6.07, 6.45) is 0. The van der Waals surface area contributed by atoms with Crippen molar-refractivity contribution in [1.29, 1.82) is 0 Å². The number of carbonyl (C=O) groups is 2. The van der Waals surface area contributed by atoms with Gasteiger partial charge in [0, 0.05) is 24.7 Å². The lowest BCUT2D eigenvalue weighted by Crippen LogP contribution is -2.34. The molecule has 0 unspecified atom stereocenters. The Morgan fingerprint density at radius 2 is 1.65 bits per heavy atom. The van der Waals surface area contributed by atoms with E-state index in [1.807, 2.05) is 0 Å². The highest BCUT2D eigenvalue weighted by Crippen LogP contribution is 2.24. The monoisotopic (exact) mass is 360 g/mol. The smallest absolute Gasteiger partial charge is 0.255 e. The van der Waals surface area contributed by atoms with Gasteiger partial charge < -0.3 is 20.1 Å². The maximum absolute atomic E-state index is 13.5. The molecule has 2 aromatic rings. The predicted molar refractivity (Wildman–Crippen MR) is 95.3 cm³/mol. The number of amides is 2. The van der Waals surface area contributed by atoms with Crippen LogP contribution in [0, 0.1) is 12.7 Å². The number of hydrogen-bond acceptors (Lipinski definition) is 4. The predicted octanol–water partition coefficient (Wildman–Crippen LogP) is 2.31. The molecule has 0 atom stereocenters. The van der Waals surface area contributed by atoms with Crippen molar-refractivity contribution in [1.82, 2.24) is 10.6 Å². The van der Waals surface area contributed by atoms with Gasteiger partial charge in [0.15, 0.2) is 0 Å². The molecule has 26 heavy (non-hydrogen) atoms. The van der Waals surface area contributed by atoms with Crippen molar-refractivity contribution in [3.8, 4) is 11.5 Å². The molecule has 138 valence electrons.